The van der Waals surface area contributed by atoms with E-state index in [1.807, 2.05) is 6.07 Å². The first kappa shape index (κ1) is 23.2. The number of anilines is 1. The maximum atomic E-state index is 14.4. The van der Waals surface area contributed by atoms with Crippen LogP contribution in [-0.4, -0.2) is 37.0 Å². The monoisotopic (exact) mass is 485 g/mol. The van der Waals surface area contributed by atoms with Gasteiger partial charge in [-0.2, -0.15) is 8.78 Å². The second-order valence-corrected chi connectivity index (χ2v) is 7.63. The number of pyridine rings is 3. The van der Waals surface area contributed by atoms with Crippen LogP contribution < -0.4 is 16.2 Å². The fourth-order valence-electron chi connectivity index (χ4n) is 3.18. The molecular formula is C22H18ClF2N7O2. The minimum atomic E-state index is -3.35. The van der Waals surface area contributed by atoms with Crippen molar-refractivity contribution in [3.05, 3.63) is 88.1 Å². The Labute approximate surface area is 196 Å². The Bertz CT molecular complexity index is 1380. The molecule has 4 aromatic heterocycles. The van der Waals surface area contributed by atoms with E-state index in [0.717, 1.165) is 16.2 Å². The SMILES string of the molecule is O=C(Cn1c(Cl)cnc(NCC(F)(F)c2ccccn2)c1=O)NCc1cncc2cccnc12. The topological polar surface area (TPSA) is 115 Å². The van der Waals surface area contributed by atoms with Crippen LogP contribution in [0.25, 0.3) is 10.9 Å². The van der Waals surface area contributed by atoms with Crippen LogP contribution in [0.5, 0.6) is 0 Å². The summed E-state index contributed by atoms with van der Waals surface area (Å²) in [7, 11) is 0. The van der Waals surface area contributed by atoms with E-state index in [4.69, 9.17) is 11.6 Å². The van der Waals surface area contributed by atoms with E-state index in [1.165, 1.54) is 24.4 Å². The van der Waals surface area contributed by atoms with E-state index in [0.29, 0.717) is 11.1 Å². The maximum Gasteiger partial charge on any atom is 0.306 e. The fourth-order valence-corrected chi connectivity index (χ4v) is 3.37. The standard InChI is InChI=1S/C22H18ClF2N7O2/c23-17-11-30-20(31-13-22(24,25)16-5-1-2-6-27-16)21(34)32(17)12-18(33)29-10-15-9-26-8-14-4-3-7-28-19(14)15/h1-9,11H,10,12-13H2,(H,29,33)(H,30,31). The summed E-state index contributed by atoms with van der Waals surface area (Å²) >= 11 is 6.04. The van der Waals surface area contributed by atoms with Crippen LogP contribution in [0.1, 0.15) is 11.3 Å². The molecule has 4 rings (SSSR count). The van der Waals surface area contributed by atoms with Gasteiger partial charge in [-0.1, -0.05) is 17.7 Å². The summed E-state index contributed by atoms with van der Waals surface area (Å²) < 4.78 is 29.7. The first-order valence-electron chi connectivity index (χ1n) is 10.1. The van der Waals surface area contributed by atoms with Crippen LogP contribution in [-0.2, 0) is 23.8 Å². The largest absolute Gasteiger partial charge is 0.359 e. The van der Waals surface area contributed by atoms with Gasteiger partial charge >= 0.3 is 5.92 Å². The molecule has 174 valence electrons. The molecule has 4 aromatic rings. The highest BCUT2D eigenvalue weighted by atomic mass is 35.5. The van der Waals surface area contributed by atoms with Crippen molar-refractivity contribution in [3.8, 4) is 0 Å². The summed E-state index contributed by atoms with van der Waals surface area (Å²) in [5, 5.41) is 5.72. The highest BCUT2D eigenvalue weighted by Crippen LogP contribution is 2.25. The number of rotatable bonds is 8. The summed E-state index contributed by atoms with van der Waals surface area (Å²) in [4.78, 5) is 41.1. The Morgan fingerprint density at radius 3 is 2.68 bits per heavy atom. The third-order valence-corrected chi connectivity index (χ3v) is 5.19. The van der Waals surface area contributed by atoms with Gasteiger partial charge in [0.1, 0.15) is 17.4 Å². The van der Waals surface area contributed by atoms with Crippen LogP contribution in [0.15, 0.2) is 66.1 Å². The molecule has 0 aliphatic rings. The average molecular weight is 486 g/mol. The maximum absolute atomic E-state index is 14.4. The lowest BCUT2D eigenvalue weighted by Gasteiger charge is -2.17. The van der Waals surface area contributed by atoms with E-state index in [2.05, 4.69) is 30.6 Å². The van der Waals surface area contributed by atoms with Crippen LogP contribution >= 0.6 is 11.6 Å². The Morgan fingerprint density at radius 1 is 1.06 bits per heavy atom. The Hall–Kier alpha value is -3.99. The van der Waals surface area contributed by atoms with E-state index in [9.17, 15) is 18.4 Å². The predicted octanol–water partition coefficient (Wildman–Crippen LogP) is 2.76. The number of alkyl halides is 2. The molecule has 12 heteroatoms. The molecule has 34 heavy (non-hydrogen) atoms. The average Bonchev–Trinajstić information content (AvgIpc) is 2.85. The molecule has 0 saturated carbocycles. The van der Waals surface area contributed by atoms with Gasteiger partial charge in [0.05, 0.1) is 18.3 Å². The number of hydrogen-bond donors (Lipinski definition) is 2. The Balaban J connectivity index is 1.44. The minimum absolute atomic E-state index is 0.115. The molecular weight excluding hydrogens is 468 g/mol. The highest BCUT2D eigenvalue weighted by Gasteiger charge is 2.33. The molecule has 2 N–H and O–H groups in total. The third kappa shape index (κ3) is 5.15. The van der Waals surface area contributed by atoms with E-state index in [-0.39, 0.29) is 17.5 Å². The first-order valence-corrected chi connectivity index (χ1v) is 10.5. The van der Waals surface area contributed by atoms with Crippen molar-refractivity contribution < 1.29 is 13.6 Å². The van der Waals surface area contributed by atoms with Crippen molar-refractivity contribution in [2.75, 3.05) is 11.9 Å². The molecule has 0 aromatic carbocycles. The lowest BCUT2D eigenvalue weighted by atomic mass is 10.2. The lowest BCUT2D eigenvalue weighted by Crippen LogP contribution is -2.35. The molecule has 0 aliphatic carbocycles. The molecule has 0 saturated heterocycles. The van der Waals surface area contributed by atoms with E-state index in [1.54, 1.807) is 24.7 Å². The first-order chi connectivity index (χ1) is 16.3. The quantitative estimate of drug-likeness (QED) is 0.394. The number of nitrogens with one attached hydrogen (secondary N) is 2. The smallest absolute Gasteiger partial charge is 0.306 e. The molecule has 0 atom stereocenters. The van der Waals surface area contributed by atoms with Gasteiger partial charge in [-0.05, 0) is 24.3 Å². The molecule has 0 radical (unpaired) electrons. The summed E-state index contributed by atoms with van der Waals surface area (Å²) in [5.74, 6) is -4.24. The lowest BCUT2D eigenvalue weighted by molar-refractivity contribution is -0.121. The van der Waals surface area contributed by atoms with E-state index >= 15 is 0 Å². The molecule has 1 amide bonds. The van der Waals surface area contributed by atoms with Crippen molar-refractivity contribution in [1.29, 1.82) is 0 Å². The zero-order valence-electron chi connectivity index (χ0n) is 17.6. The number of fused-ring (bicyclic) bond motifs is 1. The van der Waals surface area contributed by atoms with Crippen molar-refractivity contribution in [3.63, 3.8) is 0 Å². The van der Waals surface area contributed by atoms with Crippen LogP contribution in [0.2, 0.25) is 5.15 Å². The van der Waals surface area contributed by atoms with Crippen molar-refractivity contribution in [1.82, 2.24) is 29.8 Å². The fraction of sp³-hybridized carbons (Fsp3) is 0.182. The van der Waals surface area contributed by atoms with Gasteiger partial charge in [-0.25, -0.2) is 4.98 Å². The molecule has 0 fully saturated rings. The molecule has 0 aliphatic heterocycles. The number of carbonyl (C=O) groups excluding carboxylic acids is 1. The minimum Gasteiger partial charge on any atom is -0.359 e. The molecule has 0 spiro atoms. The van der Waals surface area contributed by atoms with Gasteiger partial charge < -0.3 is 10.6 Å². The molecule has 9 nitrogen and oxygen atoms in total. The second kappa shape index (κ2) is 9.87. The zero-order chi connectivity index (χ0) is 24.1. The molecule has 0 unspecified atom stereocenters. The normalized spacial score (nSPS) is 11.4. The molecule has 4 heterocycles. The summed E-state index contributed by atoms with van der Waals surface area (Å²) in [6.45, 7) is -1.22. The summed E-state index contributed by atoms with van der Waals surface area (Å²) in [5.41, 5.74) is 0.123. The van der Waals surface area contributed by atoms with Gasteiger partial charge in [0.15, 0.2) is 5.82 Å². The van der Waals surface area contributed by atoms with E-state index < -0.39 is 36.2 Å². The van der Waals surface area contributed by atoms with Crippen LogP contribution in [0.4, 0.5) is 14.6 Å². The van der Waals surface area contributed by atoms with Gasteiger partial charge in [-0.3, -0.25) is 29.1 Å². The van der Waals surface area contributed by atoms with Gasteiger partial charge in [-0.15, -0.1) is 0 Å². The van der Waals surface area contributed by atoms with Crippen molar-refractivity contribution in [2.45, 2.75) is 19.0 Å². The Morgan fingerprint density at radius 2 is 1.88 bits per heavy atom. The second-order valence-electron chi connectivity index (χ2n) is 7.24. The summed E-state index contributed by atoms with van der Waals surface area (Å²) in [6.07, 6.45) is 7.24. The molecule has 0 bridgehead atoms. The number of halogens is 3. The number of amides is 1. The zero-order valence-corrected chi connectivity index (χ0v) is 18.3. The number of carbonyl (C=O) groups is 1. The Kier molecular flexibility index (Phi) is 6.73. The van der Waals surface area contributed by atoms with Crippen molar-refractivity contribution >= 4 is 34.2 Å². The van der Waals surface area contributed by atoms with Crippen LogP contribution in [0, 0.1) is 0 Å². The van der Waals surface area contributed by atoms with Crippen LogP contribution in [0.3, 0.4) is 0 Å². The number of nitrogens with zero attached hydrogens (tertiary/aromatic N) is 5. The van der Waals surface area contributed by atoms with Crippen molar-refractivity contribution in [2.24, 2.45) is 0 Å². The number of hydrogen-bond acceptors (Lipinski definition) is 7. The third-order valence-electron chi connectivity index (χ3n) is 4.89. The number of aromatic nitrogens is 5. The van der Waals surface area contributed by atoms with Gasteiger partial charge in [0.25, 0.3) is 5.56 Å². The van der Waals surface area contributed by atoms with Gasteiger partial charge in [0, 0.05) is 42.3 Å². The summed E-state index contributed by atoms with van der Waals surface area (Å²) in [6, 6.07) is 7.77. The van der Waals surface area contributed by atoms with Gasteiger partial charge in [0.2, 0.25) is 5.91 Å². The predicted molar refractivity (Wildman–Crippen MR) is 122 cm³/mol. The highest BCUT2D eigenvalue weighted by molar-refractivity contribution is 6.29.